The molecule has 10 nitrogen and oxygen atoms in total. The van der Waals surface area contributed by atoms with Crippen molar-refractivity contribution in [2.75, 3.05) is 6.61 Å². The second-order valence-electron chi connectivity index (χ2n) is 11.9. The molecule has 37 heavy (non-hydrogen) atoms. The third-order valence-corrected chi connectivity index (χ3v) is 9.69. The van der Waals surface area contributed by atoms with Crippen LogP contribution in [0, 0.1) is 22.7 Å². The van der Waals surface area contributed by atoms with Crippen molar-refractivity contribution < 1.29 is 48.7 Å². The van der Waals surface area contributed by atoms with E-state index in [1.165, 1.54) is 13.8 Å². The summed E-state index contributed by atoms with van der Waals surface area (Å²) in [6.07, 6.45) is -4.37. The summed E-state index contributed by atoms with van der Waals surface area (Å²) in [4.78, 5) is 39.3. The van der Waals surface area contributed by atoms with Crippen LogP contribution in [0.1, 0.15) is 61.3 Å². The molecule has 9 atom stereocenters. The first kappa shape index (κ1) is 27.6. The van der Waals surface area contributed by atoms with Crippen LogP contribution in [0.5, 0.6) is 0 Å². The van der Waals surface area contributed by atoms with Gasteiger partial charge in [0.1, 0.15) is 17.8 Å². The Balaban J connectivity index is 2.13. The van der Waals surface area contributed by atoms with E-state index >= 15 is 0 Å². The van der Waals surface area contributed by atoms with Crippen molar-refractivity contribution in [3.05, 3.63) is 23.7 Å². The molecule has 1 heterocycles. The topological polar surface area (TPSA) is 149 Å². The van der Waals surface area contributed by atoms with Crippen LogP contribution in [0.25, 0.3) is 0 Å². The summed E-state index contributed by atoms with van der Waals surface area (Å²) in [5, 5.41) is 33.9. The van der Waals surface area contributed by atoms with Gasteiger partial charge in [0.2, 0.25) is 5.78 Å². The molecular formula is C27H38O10. The number of ether oxygens (including phenoxy) is 4. The molecule has 3 aliphatic carbocycles. The van der Waals surface area contributed by atoms with Gasteiger partial charge in [0, 0.05) is 36.7 Å². The fourth-order valence-electron chi connectivity index (χ4n) is 7.66. The van der Waals surface area contributed by atoms with Gasteiger partial charge in [-0.2, -0.15) is 0 Å². The van der Waals surface area contributed by atoms with E-state index in [0.717, 1.165) is 0 Å². The second-order valence-corrected chi connectivity index (χ2v) is 11.9. The molecule has 2 bridgehead atoms. The van der Waals surface area contributed by atoms with Crippen LogP contribution in [0.15, 0.2) is 23.7 Å². The van der Waals surface area contributed by atoms with Crippen molar-refractivity contribution in [1.29, 1.82) is 0 Å². The lowest BCUT2D eigenvalue weighted by Gasteiger charge is -2.68. The molecule has 0 aromatic rings. The Morgan fingerprint density at radius 2 is 1.76 bits per heavy atom. The average Bonchev–Trinajstić information content (AvgIpc) is 2.75. The summed E-state index contributed by atoms with van der Waals surface area (Å²) in [7, 11) is 0. The van der Waals surface area contributed by atoms with E-state index in [9.17, 15) is 29.7 Å². The Morgan fingerprint density at radius 3 is 2.24 bits per heavy atom. The van der Waals surface area contributed by atoms with Gasteiger partial charge in [-0.3, -0.25) is 14.4 Å². The maximum absolute atomic E-state index is 14.4. The van der Waals surface area contributed by atoms with Crippen molar-refractivity contribution in [3.63, 3.8) is 0 Å². The number of carbonyl (C=O) groups excluding carboxylic acids is 3. The first-order valence-corrected chi connectivity index (χ1v) is 12.6. The number of aliphatic hydroxyl groups is 3. The molecule has 4 rings (SSSR count). The summed E-state index contributed by atoms with van der Waals surface area (Å²) in [6.45, 7) is 14.5. The van der Waals surface area contributed by atoms with Crippen LogP contribution in [0.2, 0.25) is 0 Å². The highest BCUT2D eigenvalue weighted by Gasteiger charge is 2.77. The second kappa shape index (κ2) is 8.54. The average molecular weight is 523 g/mol. The smallest absolute Gasteiger partial charge is 0.303 e. The molecule has 0 aromatic carbocycles. The van der Waals surface area contributed by atoms with Crippen molar-refractivity contribution in [2.24, 2.45) is 22.7 Å². The lowest BCUT2D eigenvalue weighted by molar-refractivity contribution is -0.355. The third-order valence-electron chi connectivity index (χ3n) is 9.69. The molecule has 0 radical (unpaired) electrons. The summed E-state index contributed by atoms with van der Waals surface area (Å²) in [5.41, 5.74) is -5.40. The molecule has 2 saturated carbocycles. The van der Waals surface area contributed by atoms with E-state index in [1.54, 1.807) is 27.7 Å². The fraction of sp³-hybridized carbons (Fsp3) is 0.741. The zero-order chi connectivity index (χ0) is 27.9. The zero-order valence-corrected chi connectivity index (χ0v) is 22.5. The van der Waals surface area contributed by atoms with Crippen molar-refractivity contribution in [2.45, 2.75) is 96.9 Å². The summed E-state index contributed by atoms with van der Waals surface area (Å²) in [6, 6.07) is 0. The summed E-state index contributed by atoms with van der Waals surface area (Å²) >= 11 is 0. The molecule has 0 spiro atoms. The number of hydrogen-bond acceptors (Lipinski definition) is 10. The molecular weight excluding hydrogens is 484 g/mol. The normalized spacial score (nSPS) is 44.3. The number of carbonyl (C=O) groups is 3. The summed E-state index contributed by atoms with van der Waals surface area (Å²) < 4.78 is 23.5. The minimum absolute atomic E-state index is 0.0518. The first-order valence-electron chi connectivity index (χ1n) is 12.6. The number of Topliss-reactive ketones (excluding diaryl/α,β-unsaturated/α-hetero) is 1. The zero-order valence-electron chi connectivity index (χ0n) is 22.5. The van der Waals surface area contributed by atoms with E-state index in [-0.39, 0.29) is 24.5 Å². The van der Waals surface area contributed by atoms with E-state index < -0.39 is 76.0 Å². The van der Waals surface area contributed by atoms with Crippen LogP contribution >= 0.6 is 0 Å². The third kappa shape index (κ3) is 3.59. The van der Waals surface area contributed by atoms with Crippen molar-refractivity contribution >= 4 is 17.7 Å². The first-order chi connectivity index (χ1) is 16.9. The van der Waals surface area contributed by atoms with Crippen molar-refractivity contribution in [1.82, 2.24) is 0 Å². The van der Waals surface area contributed by atoms with E-state index in [0.29, 0.717) is 12.0 Å². The minimum atomic E-state index is -1.94. The Hall–Kier alpha value is -2.43. The molecule has 1 aliphatic heterocycles. The quantitative estimate of drug-likeness (QED) is 0.370. The predicted molar refractivity (Wildman–Crippen MR) is 129 cm³/mol. The van der Waals surface area contributed by atoms with E-state index in [4.69, 9.17) is 18.9 Å². The summed E-state index contributed by atoms with van der Waals surface area (Å²) in [5.74, 6) is -3.88. The largest absolute Gasteiger partial charge is 0.481 e. The maximum Gasteiger partial charge on any atom is 0.303 e. The highest BCUT2D eigenvalue weighted by molar-refractivity contribution is 6.03. The Labute approximate surface area is 216 Å². The van der Waals surface area contributed by atoms with Gasteiger partial charge in [-0.1, -0.05) is 27.7 Å². The highest BCUT2D eigenvalue weighted by atomic mass is 16.6. The Bertz CT molecular complexity index is 1080. The predicted octanol–water partition coefficient (Wildman–Crippen LogP) is 2.12. The van der Waals surface area contributed by atoms with Crippen LogP contribution in [-0.4, -0.2) is 75.3 Å². The minimum Gasteiger partial charge on any atom is -0.481 e. The lowest BCUT2D eigenvalue weighted by Crippen LogP contribution is -2.81. The van der Waals surface area contributed by atoms with Gasteiger partial charge in [0.25, 0.3) is 5.95 Å². The van der Waals surface area contributed by atoms with Gasteiger partial charge in [-0.05, 0) is 31.4 Å². The lowest BCUT2D eigenvalue weighted by atomic mass is 9.43. The Kier molecular flexibility index (Phi) is 6.37. The van der Waals surface area contributed by atoms with Gasteiger partial charge < -0.3 is 34.3 Å². The van der Waals surface area contributed by atoms with Gasteiger partial charge in [-0.25, -0.2) is 0 Å². The van der Waals surface area contributed by atoms with E-state index in [1.807, 2.05) is 6.92 Å². The molecule has 1 saturated heterocycles. The van der Waals surface area contributed by atoms with Crippen LogP contribution in [0.4, 0.5) is 0 Å². The number of fused-ring (bicyclic) bond motifs is 5. The van der Waals surface area contributed by atoms with Crippen LogP contribution in [0.3, 0.4) is 0 Å². The number of ketones is 1. The monoisotopic (exact) mass is 522 g/mol. The molecule has 1 unspecified atom stereocenters. The molecule has 206 valence electrons. The number of hydrogen-bond donors (Lipinski definition) is 3. The van der Waals surface area contributed by atoms with Crippen LogP contribution in [-0.2, 0) is 33.3 Å². The van der Waals surface area contributed by atoms with Crippen LogP contribution < -0.4 is 0 Å². The molecule has 0 aromatic heterocycles. The molecule has 0 amide bonds. The number of rotatable bonds is 4. The highest BCUT2D eigenvalue weighted by Crippen LogP contribution is 2.66. The van der Waals surface area contributed by atoms with Gasteiger partial charge in [-0.15, -0.1) is 0 Å². The SMILES string of the molecule is C=C(O)O[C@H]1C2[C@](C)([C@H](OC(C)=O)C(=O)C3=C(C)[C@@H](O)C[C@]1(O)C3(C)C)[C@@H](C)C[C@H]1OC[C@@]21OC(C)=O. The van der Waals surface area contributed by atoms with E-state index in [2.05, 4.69) is 6.58 Å². The fourth-order valence-corrected chi connectivity index (χ4v) is 7.66. The van der Waals surface area contributed by atoms with Crippen molar-refractivity contribution in [3.8, 4) is 0 Å². The Morgan fingerprint density at radius 1 is 1.14 bits per heavy atom. The van der Waals surface area contributed by atoms with Gasteiger partial charge in [0.15, 0.2) is 11.7 Å². The molecule has 4 aliphatic rings. The standard InChI is InChI=1S/C27H38O10/c1-12-9-18-26(11-34-18,37-16(5)30)21-23(36-15(4)29)27(33)10-17(31)13(2)19(24(27,6)7)20(32)22(25(12,21)8)35-14(3)28/h12,17-18,21-23,29,31,33H,4,9-11H2,1-3,5-8H3/t12-,17-,18+,21?,22+,23-,25+,26-,27+/m0/s1. The number of aliphatic hydroxyl groups excluding tert-OH is 2. The molecule has 3 N–H and O–H groups in total. The van der Waals surface area contributed by atoms with Gasteiger partial charge >= 0.3 is 11.9 Å². The van der Waals surface area contributed by atoms with Gasteiger partial charge in [0.05, 0.1) is 18.6 Å². The number of esters is 2. The molecule has 3 fully saturated rings. The maximum atomic E-state index is 14.4. The molecule has 10 heteroatoms.